The highest BCUT2D eigenvalue weighted by atomic mass is 35.5. The number of ether oxygens (including phenoxy) is 1. The molecular formula is C18H14ClN3O2. The highest BCUT2D eigenvalue weighted by Crippen LogP contribution is 2.21. The Labute approximate surface area is 144 Å². The van der Waals surface area contributed by atoms with Gasteiger partial charge in [0.2, 0.25) is 0 Å². The van der Waals surface area contributed by atoms with Crippen LogP contribution >= 0.6 is 11.6 Å². The zero-order valence-electron chi connectivity index (χ0n) is 12.9. The van der Waals surface area contributed by atoms with Crippen LogP contribution in [0.5, 0.6) is 5.75 Å². The van der Waals surface area contributed by atoms with Crippen molar-refractivity contribution < 1.29 is 9.53 Å². The van der Waals surface area contributed by atoms with E-state index in [0.717, 1.165) is 11.4 Å². The summed E-state index contributed by atoms with van der Waals surface area (Å²) in [7, 11) is 0. The first-order chi connectivity index (χ1) is 11.6. The maximum absolute atomic E-state index is 12.1. The molecule has 0 saturated heterocycles. The molecule has 24 heavy (non-hydrogen) atoms. The zero-order chi connectivity index (χ0) is 16.9. The monoisotopic (exact) mass is 339 g/mol. The average Bonchev–Trinajstić information content (AvgIpc) is 2.57. The summed E-state index contributed by atoms with van der Waals surface area (Å²) < 4.78 is 5.33. The van der Waals surface area contributed by atoms with Gasteiger partial charge in [0.05, 0.1) is 10.6 Å². The second-order valence-corrected chi connectivity index (χ2v) is 5.47. The smallest absolute Gasteiger partial charge is 0.345 e. The minimum Gasteiger partial charge on any atom is -0.423 e. The van der Waals surface area contributed by atoms with Crippen molar-refractivity contribution in [2.45, 2.75) is 6.92 Å². The molecule has 0 atom stereocenters. The molecular weight excluding hydrogens is 326 g/mol. The minimum atomic E-state index is -0.493. The van der Waals surface area contributed by atoms with Crippen LogP contribution in [0.15, 0.2) is 60.9 Å². The van der Waals surface area contributed by atoms with E-state index in [1.54, 1.807) is 48.5 Å². The molecule has 120 valence electrons. The van der Waals surface area contributed by atoms with Crippen LogP contribution in [0.1, 0.15) is 16.1 Å². The third-order valence-corrected chi connectivity index (χ3v) is 3.56. The van der Waals surface area contributed by atoms with Gasteiger partial charge in [-0.2, -0.15) is 0 Å². The lowest BCUT2D eigenvalue weighted by molar-refractivity contribution is 0.0735. The molecule has 0 bridgehead atoms. The van der Waals surface area contributed by atoms with E-state index in [9.17, 15) is 4.79 Å². The molecule has 6 heteroatoms. The fourth-order valence-corrected chi connectivity index (χ4v) is 2.28. The van der Waals surface area contributed by atoms with E-state index in [1.165, 1.54) is 6.33 Å². The Bertz CT molecular complexity index is 866. The molecule has 1 aromatic heterocycles. The van der Waals surface area contributed by atoms with E-state index in [-0.39, 0.29) is 0 Å². The van der Waals surface area contributed by atoms with Gasteiger partial charge in [-0.15, -0.1) is 0 Å². The first-order valence-corrected chi connectivity index (χ1v) is 7.62. The average molecular weight is 340 g/mol. The molecule has 0 spiro atoms. The number of hydrogen-bond donors (Lipinski definition) is 1. The van der Waals surface area contributed by atoms with Gasteiger partial charge in [0, 0.05) is 17.4 Å². The number of aromatic nitrogens is 2. The standard InChI is InChI=1S/C18H14ClN3O2/c1-12-10-17(21-11-20-12)22-13-6-8-14(9-7-13)24-18(23)15-4-2-3-5-16(15)19/h2-11H,1H3,(H,20,21,22). The molecule has 0 fully saturated rings. The van der Waals surface area contributed by atoms with E-state index in [0.29, 0.717) is 22.2 Å². The Morgan fingerprint density at radius 2 is 1.83 bits per heavy atom. The van der Waals surface area contributed by atoms with Crippen molar-refractivity contribution in [1.29, 1.82) is 0 Å². The van der Waals surface area contributed by atoms with Crippen LogP contribution in [0.3, 0.4) is 0 Å². The van der Waals surface area contributed by atoms with Crippen molar-refractivity contribution >= 4 is 29.1 Å². The fourth-order valence-electron chi connectivity index (χ4n) is 2.07. The maximum atomic E-state index is 12.1. The van der Waals surface area contributed by atoms with Crippen molar-refractivity contribution in [1.82, 2.24) is 9.97 Å². The van der Waals surface area contributed by atoms with E-state index in [1.807, 2.05) is 13.0 Å². The Morgan fingerprint density at radius 1 is 1.08 bits per heavy atom. The molecule has 1 heterocycles. The molecule has 0 saturated carbocycles. The molecule has 0 amide bonds. The number of nitrogens with zero attached hydrogens (tertiary/aromatic N) is 2. The van der Waals surface area contributed by atoms with Gasteiger partial charge < -0.3 is 10.1 Å². The van der Waals surface area contributed by atoms with Gasteiger partial charge in [-0.25, -0.2) is 14.8 Å². The number of anilines is 2. The molecule has 3 rings (SSSR count). The summed E-state index contributed by atoms with van der Waals surface area (Å²) in [6.07, 6.45) is 1.50. The lowest BCUT2D eigenvalue weighted by atomic mass is 10.2. The highest BCUT2D eigenvalue weighted by Gasteiger charge is 2.12. The van der Waals surface area contributed by atoms with Crippen molar-refractivity contribution in [2.75, 3.05) is 5.32 Å². The highest BCUT2D eigenvalue weighted by molar-refractivity contribution is 6.33. The maximum Gasteiger partial charge on any atom is 0.345 e. The summed E-state index contributed by atoms with van der Waals surface area (Å²) in [5.41, 5.74) is 2.03. The van der Waals surface area contributed by atoms with Crippen LogP contribution in [-0.4, -0.2) is 15.9 Å². The molecule has 0 aliphatic rings. The first kappa shape index (κ1) is 16.0. The minimum absolute atomic E-state index is 0.331. The predicted molar refractivity (Wildman–Crippen MR) is 92.9 cm³/mol. The SMILES string of the molecule is Cc1cc(Nc2ccc(OC(=O)c3ccccc3Cl)cc2)ncn1. The number of halogens is 1. The quantitative estimate of drug-likeness (QED) is 0.563. The summed E-state index contributed by atoms with van der Waals surface area (Å²) >= 11 is 5.99. The lowest BCUT2D eigenvalue weighted by Gasteiger charge is -2.08. The van der Waals surface area contributed by atoms with E-state index < -0.39 is 5.97 Å². The number of aryl methyl sites for hydroxylation is 1. The molecule has 0 aliphatic carbocycles. The number of hydrogen-bond acceptors (Lipinski definition) is 5. The Kier molecular flexibility index (Phi) is 4.72. The normalized spacial score (nSPS) is 10.2. The summed E-state index contributed by atoms with van der Waals surface area (Å²) in [4.78, 5) is 20.3. The molecule has 2 aromatic carbocycles. The van der Waals surface area contributed by atoms with Crippen LogP contribution in [0.25, 0.3) is 0 Å². The number of carbonyl (C=O) groups excluding carboxylic acids is 1. The molecule has 0 radical (unpaired) electrons. The van der Waals surface area contributed by atoms with Gasteiger partial charge in [0.25, 0.3) is 0 Å². The number of benzene rings is 2. The van der Waals surface area contributed by atoms with Crippen LogP contribution in [0, 0.1) is 6.92 Å². The van der Waals surface area contributed by atoms with Crippen LogP contribution in [0.2, 0.25) is 5.02 Å². The predicted octanol–water partition coefficient (Wildman–Crippen LogP) is 4.40. The Hall–Kier alpha value is -2.92. The number of carbonyl (C=O) groups is 1. The fraction of sp³-hybridized carbons (Fsp3) is 0.0556. The molecule has 1 N–H and O–H groups in total. The van der Waals surface area contributed by atoms with Crippen molar-refractivity contribution in [3.63, 3.8) is 0 Å². The summed E-state index contributed by atoms with van der Waals surface area (Å²) in [6.45, 7) is 1.89. The molecule has 5 nitrogen and oxygen atoms in total. The molecule has 3 aromatic rings. The number of rotatable bonds is 4. The van der Waals surface area contributed by atoms with Gasteiger partial charge in [-0.1, -0.05) is 23.7 Å². The summed E-state index contributed by atoms with van der Waals surface area (Å²) in [6, 6.07) is 15.6. The van der Waals surface area contributed by atoms with Crippen LogP contribution < -0.4 is 10.1 Å². The van der Waals surface area contributed by atoms with Crippen LogP contribution in [-0.2, 0) is 0 Å². The van der Waals surface area contributed by atoms with E-state index >= 15 is 0 Å². The van der Waals surface area contributed by atoms with Crippen LogP contribution in [0.4, 0.5) is 11.5 Å². The lowest BCUT2D eigenvalue weighted by Crippen LogP contribution is -2.09. The summed E-state index contributed by atoms with van der Waals surface area (Å²) in [5, 5.41) is 3.51. The first-order valence-electron chi connectivity index (χ1n) is 7.24. The van der Waals surface area contributed by atoms with Gasteiger partial charge in [-0.3, -0.25) is 0 Å². The van der Waals surface area contributed by atoms with Crippen molar-refractivity contribution in [2.24, 2.45) is 0 Å². The van der Waals surface area contributed by atoms with Crippen molar-refractivity contribution in [3.8, 4) is 5.75 Å². The Morgan fingerprint density at radius 3 is 2.54 bits per heavy atom. The molecule has 0 aliphatic heterocycles. The van der Waals surface area contributed by atoms with Gasteiger partial charge >= 0.3 is 5.97 Å². The largest absolute Gasteiger partial charge is 0.423 e. The second-order valence-electron chi connectivity index (χ2n) is 5.06. The summed E-state index contributed by atoms with van der Waals surface area (Å²) in [5.74, 6) is 0.639. The number of esters is 1. The third kappa shape index (κ3) is 3.88. The third-order valence-electron chi connectivity index (χ3n) is 3.23. The van der Waals surface area contributed by atoms with Crippen molar-refractivity contribution in [3.05, 3.63) is 77.2 Å². The second kappa shape index (κ2) is 7.10. The number of nitrogens with one attached hydrogen (secondary N) is 1. The zero-order valence-corrected chi connectivity index (χ0v) is 13.6. The van der Waals surface area contributed by atoms with Gasteiger partial charge in [0.15, 0.2) is 0 Å². The topological polar surface area (TPSA) is 64.1 Å². The van der Waals surface area contributed by atoms with Gasteiger partial charge in [-0.05, 0) is 43.3 Å². The Balaban J connectivity index is 1.68. The van der Waals surface area contributed by atoms with E-state index in [2.05, 4.69) is 15.3 Å². The van der Waals surface area contributed by atoms with E-state index in [4.69, 9.17) is 16.3 Å². The van der Waals surface area contributed by atoms with Gasteiger partial charge in [0.1, 0.15) is 17.9 Å². The molecule has 0 unspecified atom stereocenters.